The van der Waals surface area contributed by atoms with Crippen molar-refractivity contribution < 1.29 is 13.6 Å². The molecule has 0 unspecified atom stereocenters. The summed E-state index contributed by atoms with van der Waals surface area (Å²) < 4.78 is 27.4. The lowest BCUT2D eigenvalue weighted by Crippen LogP contribution is -2.15. The first kappa shape index (κ1) is 11.7. The van der Waals surface area contributed by atoms with Crippen LogP contribution in [-0.2, 0) is 0 Å². The van der Waals surface area contributed by atoms with Crippen molar-refractivity contribution in [1.29, 1.82) is 0 Å². The Hall–Kier alpha value is -0.770. The molecule has 0 atom stereocenters. The first-order chi connectivity index (χ1) is 7.59. The van der Waals surface area contributed by atoms with Crippen LogP contribution in [0.3, 0.4) is 0 Å². The number of hydrogen-bond donors (Lipinski definition) is 0. The Kier molecular flexibility index (Phi) is 3.38. The van der Waals surface area contributed by atoms with E-state index < -0.39 is 11.6 Å². The van der Waals surface area contributed by atoms with Crippen LogP contribution in [0.1, 0.15) is 36.0 Å². The van der Waals surface area contributed by atoms with E-state index in [-0.39, 0.29) is 17.3 Å². The molecule has 0 heterocycles. The number of carbonyl (C=O) groups excluding carboxylic acids is 1. The quantitative estimate of drug-likeness (QED) is 0.749. The fourth-order valence-corrected chi connectivity index (χ4v) is 2.57. The summed E-state index contributed by atoms with van der Waals surface area (Å²) in [5, 5.41) is 0. The largest absolute Gasteiger partial charge is 0.294 e. The molecule has 0 aromatic heterocycles. The number of halogens is 3. The zero-order chi connectivity index (χ0) is 11.7. The fourth-order valence-electron chi connectivity index (χ4n) is 2.17. The van der Waals surface area contributed by atoms with E-state index in [2.05, 4.69) is 15.9 Å². The lowest BCUT2D eigenvalue weighted by atomic mass is 9.95. The molecule has 1 fully saturated rings. The van der Waals surface area contributed by atoms with E-state index in [1.807, 2.05) is 0 Å². The third-order valence-corrected chi connectivity index (χ3v) is 3.44. The van der Waals surface area contributed by atoms with Crippen molar-refractivity contribution >= 4 is 21.7 Å². The predicted molar refractivity (Wildman–Crippen MR) is 60.3 cm³/mol. The standard InChI is InChI=1S/C12H11BrF2O/c13-8-5-9(14)11(10(15)6-8)12(16)7-3-1-2-4-7/h5-7H,1-4H2. The Labute approximate surface area is 101 Å². The smallest absolute Gasteiger partial charge is 0.171 e. The monoisotopic (exact) mass is 288 g/mol. The van der Waals surface area contributed by atoms with E-state index in [9.17, 15) is 13.6 Å². The minimum absolute atomic E-state index is 0.204. The van der Waals surface area contributed by atoms with Gasteiger partial charge in [0, 0.05) is 10.4 Å². The number of benzene rings is 1. The highest BCUT2D eigenvalue weighted by molar-refractivity contribution is 9.10. The van der Waals surface area contributed by atoms with Crippen LogP contribution in [0.25, 0.3) is 0 Å². The fraction of sp³-hybridized carbons (Fsp3) is 0.417. The van der Waals surface area contributed by atoms with Gasteiger partial charge in [0.05, 0.1) is 5.56 Å². The zero-order valence-electron chi connectivity index (χ0n) is 8.60. The van der Waals surface area contributed by atoms with Crippen LogP contribution in [-0.4, -0.2) is 5.78 Å². The van der Waals surface area contributed by atoms with Crippen LogP contribution in [0.4, 0.5) is 8.78 Å². The molecule has 1 aromatic rings. The highest BCUT2D eigenvalue weighted by atomic mass is 79.9. The minimum Gasteiger partial charge on any atom is -0.294 e. The minimum atomic E-state index is -0.774. The van der Waals surface area contributed by atoms with E-state index in [0.717, 1.165) is 37.8 Å². The Bertz CT molecular complexity index is 402. The Balaban J connectivity index is 2.35. The average Bonchev–Trinajstić information content (AvgIpc) is 2.67. The molecule has 1 aliphatic carbocycles. The maximum Gasteiger partial charge on any atom is 0.171 e. The van der Waals surface area contributed by atoms with Crippen molar-refractivity contribution in [3.63, 3.8) is 0 Å². The molecule has 86 valence electrons. The summed E-state index contributed by atoms with van der Waals surface area (Å²) in [5.74, 6) is -2.14. The molecule has 1 aliphatic rings. The lowest BCUT2D eigenvalue weighted by molar-refractivity contribution is 0.0914. The maximum atomic E-state index is 13.5. The zero-order valence-corrected chi connectivity index (χ0v) is 10.2. The molecule has 1 nitrogen and oxygen atoms in total. The molecule has 0 saturated heterocycles. The summed E-state index contributed by atoms with van der Waals surface area (Å²) in [6.07, 6.45) is 3.42. The van der Waals surface area contributed by atoms with Crippen LogP contribution in [0.2, 0.25) is 0 Å². The molecule has 0 N–H and O–H groups in total. The normalized spacial score (nSPS) is 16.7. The van der Waals surface area contributed by atoms with E-state index in [4.69, 9.17) is 0 Å². The summed E-state index contributed by atoms with van der Waals surface area (Å²) in [6, 6.07) is 2.26. The molecule has 16 heavy (non-hydrogen) atoms. The second kappa shape index (κ2) is 4.62. The third kappa shape index (κ3) is 2.17. The molecule has 0 aliphatic heterocycles. The maximum absolute atomic E-state index is 13.5. The number of Topliss-reactive ketones (excluding diaryl/α,β-unsaturated/α-hetero) is 1. The van der Waals surface area contributed by atoms with Crippen LogP contribution in [0.15, 0.2) is 16.6 Å². The van der Waals surface area contributed by atoms with Gasteiger partial charge in [0.25, 0.3) is 0 Å². The van der Waals surface area contributed by atoms with Gasteiger partial charge in [-0.3, -0.25) is 4.79 Å². The Morgan fingerprint density at radius 1 is 1.19 bits per heavy atom. The van der Waals surface area contributed by atoms with Gasteiger partial charge in [0.1, 0.15) is 11.6 Å². The van der Waals surface area contributed by atoms with Gasteiger partial charge in [-0.05, 0) is 25.0 Å². The molecule has 0 bridgehead atoms. The van der Waals surface area contributed by atoms with E-state index in [1.165, 1.54) is 0 Å². The van der Waals surface area contributed by atoms with Crippen LogP contribution < -0.4 is 0 Å². The van der Waals surface area contributed by atoms with Crippen molar-refractivity contribution in [2.75, 3.05) is 0 Å². The van der Waals surface area contributed by atoms with Gasteiger partial charge in [-0.1, -0.05) is 28.8 Å². The summed E-state index contributed by atoms with van der Waals surface area (Å²) >= 11 is 2.99. The van der Waals surface area contributed by atoms with Gasteiger partial charge in [-0.2, -0.15) is 0 Å². The molecule has 1 saturated carbocycles. The first-order valence-electron chi connectivity index (χ1n) is 5.28. The SMILES string of the molecule is O=C(c1c(F)cc(Br)cc1F)C1CCCC1. The van der Waals surface area contributed by atoms with Crippen LogP contribution in [0, 0.1) is 17.6 Å². The molecule has 4 heteroatoms. The van der Waals surface area contributed by atoms with Gasteiger partial charge in [0.2, 0.25) is 0 Å². The topological polar surface area (TPSA) is 17.1 Å². The predicted octanol–water partition coefficient (Wildman–Crippen LogP) is 4.10. The van der Waals surface area contributed by atoms with E-state index in [1.54, 1.807) is 0 Å². The molecule has 0 amide bonds. The molecule has 0 radical (unpaired) electrons. The molecule has 0 spiro atoms. The Morgan fingerprint density at radius 3 is 2.19 bits per heavy atom. The van der Waals surface area contributed by atoms with Crippen molar-refractivity contribution in [3.8, 4) is 0 Å². The number of ketones is 1. The van der Waals surface area contributed by atoms with Crippen LogP contribution >= 0.6 is 15.9 Å². The van der Waals surface area contributed by atoms with Gasteiger partial charge in [-0.25, -0.2) is 8.78 Å². The lowest BCUT2D eigenvalue weighted by Gasteiger charge is -2.09. The molecular weight excluding hydrogens is 278 g/mol. The summed E-state index contributed by atoms with van der Waals surface area (Å²) in [5.41, 5.74) is -0.380. The number of hydrogen-bond acceptors (Lipinski definition) is 1. The van der Waals surface area contributed by atoms with E-state index in [0.29, 0.717) is 4.47 Å². The third-order valence-electron chi connectivity index (χ3n) is 2.98. The van der Waals surface area contributed by atoms with Crippen molar-refractivity contribution in [2.24, 2.45) is 5.92 Å². The second-order valence-electron chi connectivity index (χ2n) is 4.09. The molecule has 1 aromatic carbocycles. The van der Waals surface area contributed by atoms with Crippen molar-refractivity contribution in [1.82, 2.24) is 0 Å². The summed E-state index contributed by atoms with van der Waals surface area (Å²) in [6.45, 7) is 0. The highest BCUT2D eigenvalue weighted by Crippen LogP contribution is 2.30. The first-order valence-corrected chi connectivity index (χ1v) is 6.07. The van der Waals surface area contributed by atoms with Crippen LogP contribution in [0.5, 0.6) is 0 Å². The average molecular weight is 289 g/mol. The van der Waals surface area contributed by atoms with Gasteiger partial charge in [0.15, 0.2) is 5.78 Å². The van der Waals surface area contributed by atoms with Gasteiger partial charge < -0.3 is 0 Å². The summed E-state index contributed by atoms with van der Waals surface area (Å²) in [4.78, 5) is 11.9. The van der Waals surface area contributed by atoms with Gasteiger partial charge >= 0.3 is 0 Å². The number of rotatable bonds is 2. The van der Waals surface area contributed by atoms with Gasteiger partial charge in [-0.15, -0.1) is 0 Å². The molecule has 2 rings (SSSR count). The van der Waals surface area contributed by atoms with Crippen molar-refractivity contribution in [2.45, 2.75) is 25.7 Å². The summed E-state index contributed by atoms with van der Waals surface area (Å²) in [7, 11) is 0. The second-order valence-corrected chi connectivity index (χ2v) is 5.01. The molecular formula is C12H11BrF2O. The Morgan fingerprint density at radius 2 is 1.69 bits per heavy atom. The number of carbonyl (C=O) groups is 1. The van der Waals surface area contributed by atoms with Crippen molar-refractivity contribution in [3.05, 3.63) is 33.8 Å². The highest BCUT2D eigenvalue weighted by Gasteiger charge is 2.28. The van der Waals surface area contributed by atoms with E-state index >= 15 is 0 Å².